The summed E-state index contributed by atoms with van der Waals surface area (Å²) < 4.78 is 6.37. The van der Waals surface area contributed by atoms with Crippen LogP contribution in [0.3, 0.4) is 0 Å². The van der Waals surface area contributed by atoms with Crippen molar-refractivity contribution >= 4 is 27.9 Å². The zero-order valence-corrected chi connectivity index (χ0v) is 33.0. The summed E-state index contributed by atoms with van der Waals surface area (Å²) in [5, 5.41) is 0. The summed E-state index contributed by atoms with van der Waals surface area (Å²) in [5.74, 6) is 3.38. The van der Waals surface area contributed by atoms with Gasteiger partial charge in [0.2, 0.25) is 0 Å². The average Bonchev–Trinajstić information content (AvgIpc) is 3.82. The van der Waals surface area contributed by atoms with Crippen LogP contribution in [-0.4, -0.2) is 34.2 Å². The SMILES string of the molecule is CC(C)(C)C1=Nc2ccccc2C1.CC(C)(C)c1nccc2cccn12.Cn1c(C(C)(C)C)nc2ccccc21.Cn1ccnc1C(C)(C)C. The lowest BCUT2D eigenvalue weighted by Gasteiger charge is -2.19. The van der Waals surface area contributed by atoms with E-state index in [9.17, 15) is 0 Å². The van der Waals surface area contributed by atoms with Crippen molar-refractivity contribution in [2.75, 3.05) is 0 Å². The fourth-order valence-corrected chi connectivity index (χ4v) is 6.00. The van der Waals surface area contributed by atoms with Gasteiger partial charge in [-0.25, -0.2) is 15.0 Å². The molecular weight excluding hydrogens is 615 g/mol. The Morgan fingerprint density at radius 2 is 1.16 bits per heavy atom. The molecule has 0 N–H and O–H groups in total. The number of rotatable bonds is 0. The van der Waals surface area contributed by atoms with Crippen molar-refractivity contribution in [3.8, 4) is 0 Å². The van der Waals surface area contributed by atoms with Gasteiger partial charge in [-0.3, -0.25) is 4.99 Å². The van der Waals surface area contributed by atoms with Crippen LogP contribution in [0.25, 0.3) is 16.6 Å². The molecule has 5 heterocycles. The molecule has 0 saturated heterocycles. The lowest BCUT2D eigenvalue weighted by atomic mass is 9.87. The average molecular weight is 674 g/mol. The predicted molar refractivity (Wildman–Crippen MR) is 212 cm³/mol. The lowest BCUT2D eigenvalue weighted by Crippen LogP contribution is -2.19. The van der Waals surface area contributed by atoms with Gasteiger partial charge in [-0.05, 0) is 42.0 Å². The third-order valence-corrected chi connectivity index (χ3v) is 8.54. The summed E-state index contributed by atoms with van der Waals surface area (Å²) in [6, 6.07) is 22.8. The molecule has 0 bridgehead atoms. The zero-order chi connectivity index (χ0) is 37.1. The second-order valence-electron chi connectivity index (χ2n) is 17.3. The van der Waals surface area contributed by atoms with Crippen LogP contribution < -0.4 is 0 Å². The molecule has 7 heteroatoms. The van der Waals surface area contributed by atoms with E-state index in [1.807, 2.05) is 49.9 Å². The number of hydrogen-bond donors (Lipinski definition) is 0. The Kier molecular flexibility index (Phi) is 11.3. The van der Waals surface area contributed by atoms with E-state index in [0.29, 0.717) is 0 Å². The molecule has 50 heavy (non-hydrogen) atoms. The number of aliphatic imine (C=N–C) groups is 1. The summed E-state index contributed by atoms with van der Waals surface area (Å²) in [5.41, 5.74) is 7.90. The normalized spacial score (nSPS) is 13.0. The Hall–Kier alpha value is -4.52. The fourth-order valence-electron chi connectivity index (χ4n) is 6.00. The minimum absolute atomic E-state index is 0.0958. The first kappa shape index (κ1) is 38.3. The van der Waals surface area contributed by atoms with E-state index in [4.69, 9.17) is 0 Å². The van der Waals surface area contributed by atoms with E-state index in [0.717, 1.165) is 35.1 Å². The van der Waals surface area contributed by atoms with E-state index in [1.54, 1.807) is 0 Å². The van der Waals surface area contributed by atoms with Gasteiger partial charge in [0.1, 0.15) is 17.5 Å². The molecule has 0 amide bonds. The Morgan fingerprint density at radius 1 is 0.560 bits per heavy atom. The van der Waals surface area contributed by atoms with Crippen molar-refractivity contribution in [2.24, 2.45) is 24.5 Å². The van der Waals surface area contributed by atoms with Gasteiger partial charge in [-0.15, -0.1) is 0 Å². The van der Waals surface area contributed by atoms with Gasteiger partial charge < -0.3 is 13.5 Å². The first-order chi connectivity index (χ1) is 23.2. The molecule has 0 atom stereocenters. The Balaban J connectivity index is 0.000000151. The number of imidazole rings is 2. The molecule has 0 spiro atoms. The second-order valence-corrected chi connectivity index (χ2v) is 17.3. The van der Waals surface area contributed by atoms with Crippen LogP contribution in [0.5, 0.6) is 0 Å². The molecule has 4 aromatic heterocycles. The fraction of sp³-hybridized carbons (Fsp3) is 0.442. The molecule has 0 radical (unpaired) electrons. The Bertz CT molecular complexity index is 2040. The molecule has 0 fully saturated rings. The summed E-state index contributed by atoms with van der Waals surface area (Å²) >= 11 is 0. The van der Waals surface area contributed by atoms with Crippen molar-refractivity contribution in [3.63, 3.8) is 0 Å². The molecule has 266 valence electrons. The van der Waals surface area contributed by atoms with E-state index < -0.39 is 0 Å². The maximum atomic E-state index is 4.65. The summed E-state index contributed by atoms with van der Waals surface area (Å²) in [6.45, 7) is 26.2. The van der Waals surface area contributed by atoms with Crippen LogP contribution in [0.2, 0.25) is 0 Å². The third-order valence-electron chi connectivity index (χ3n) is 8.54. The van der Waals surface area contributed by atoms with Crippen LogP contribution in [0.1, 0.15) is 106 Å². The lowest BCUT2D eigenvalue weighted by molar-refractivity contribution is 0.522. The highest BCUT2D eigenvalue weighted by molar-refractivity contribution is 5.97. The summed E-state index contributed by atoms with van der Waals surface area (Å²) in [7, 11) is 4.10. The van der Waals surface area contributed by atoms with Gasteiger partial charge in [-0.1, -0.05) is 113 Å². The number of fused-ring (bicyclic) bond motifs is 3. The van der Waals surface area contributed by atoms with E-state index in [2.05, 4.69) is 172 Å². The van der Waals surface area contributed by atoms with E-state index >= 15 is 0 Å². The molecule has 1 aliphatic rings. The smallest absolute Gasteiger partial charge is 0.118 e. The van der Waals surface area contributed by atoms with Gasteiger partial charge in [0, 0.05) is 78.2 Å². The second kappa shape index (κ2) is 14.8. The Labute approximate surface area is 300 Å². The number of benzene rings is 2. The monoisotopic (exact) mass is 673 g/mol. The summed E-state index contributed by atoms with van der Waals surface area (Å²) in [6.07, 6.45) is 8.76. The molecule has 2 aromatic carbocycles. The minimum Gasteiger partial charge on any atom is -0.338 e. The number of para-hydroxylation sites is 3. The highest BCUT2D eigenvalue weighted by Crippen LogP contribution is 2.32. The zero-order valence-electron chi connectivity index (χ0n) is 33.0. The van der Waals surface area contributed by atoms with Crippen LogP contribution in [0.4, 0.5) is 5.69 Å². The molecule has 0 saturated carbocycles. The maximum absolute atomic E-state index is 4.65. The molecule has 7 nitrogen and oxygen atoms in total. The van der Waals surface area contributed by atoms with Gasteiger partial charge in [-0.2, -0.15) is 0 Å². The van der Waals surface area contributed by atoms with Crippen molar-refractivity contribution < 1.29 is 0 Å². The highest BCUT2D eigenvalue weighted by Gasteiger charge is 2.24. The van der Waals surface area contributed by atoms with E-state index in [1.165, 1.54) is 22.3 Å². The third kappa shape index (κ3) is 9.38. The molecule has 0 unspecified atom stereocenters. The molecule has 7 rings (SSSR count). The van der Waals surface area contributed by atoms with Crippen molar-refractivity contribution in [1.82, 2.24) is 28.5 Å². The molecule has 1 aliphatic heterocycles. The Morgan fingerprint density at radius 3 is 1.70 bits per heavy atom. The van der Waals surface area contributed by atoms with Crippen LogP contribution in [0.15, 0.2) is 96.5 Å². The van der Waals surface area contributed by atoms with Gasteiger partial charge in [0.05, 0.1) is 16.7 Å². The van der Waals surface area contributed by atoms with Gasteiger partial charge >= 0.3 is 0 Å². The minimum atomic E-state index is 0.0958. The maximum Gasteiger partial charge on any atom is 0.118 e. The van der Waals surface area contributed by atoms with Crippen LogP contribution in [-0.2, 0) is 36.8 Å². The number of hydrogen-bond acceptors (Lipinski definition) is 4. The quantitative estimate of drug-likeness (QED) is 0.161. The van der Waals surface area contributed by atoms with Crippen molar-refractivity contribution in [2.45, 2.75) is 106 Å². The standard InChI is InChI=1S/C12H16N2.C12H15N.C11H14N2.C8H14N2/c1-12(2,3)11-13-9-7-5-6-8-10(9)14(11)4;1-12(2,3)11-8-9-6-4-5-7-10(9)13-11;1-11(2,3)10-12-7-6-9-5-4-8-13(9)10;1-8(2,3)7-9-5-6-10(7)4/h5-8H,1-4H3;4-7H,8H2,1-3H3;4-8H,1-3H3;5-6H,1-4H3. The highest BCUT2D eigenvalue weighted by atomic mass is 15.1. The van der Waals surface area contributed by atoms with Crippen LogP contribution in [0, 0.1) is 5.41 Å². The molecule has 0 aliphatic carbocycles. The largest absolute Gasteiger partial charge is 0.338 e. The summed E-state index contributed by atoms with van der Waals surface area (Å²) in [4.78, 5) is 17.9. The molecule has 6 aromatic rings. The van der Waals surface area contributed by atoms with Crippen LogP contribution >= 0.6 is 0 Å². The first-order valence-corrected chi connectivity index (χ1v) is 17.7. The van der Waals surface area contributed by atoms with Crippen molar-refractivity contribution in [1.29, 1.82) is 0 Å². The first-order valence-electron chi connectivity index (χ1n) is 17.7. The van der Waals surface area contributed by atoms with Gasteiger partial charge in [0.25, 0.3) is 0 Å². The topological polar surface area (TPSA) is 65.3 Å². The van der Waals surface area contributed by atoms with Crippen molar-refractivity contribution in [3.05, 3.63) is 115 Å². The van der Waals surface area contributed by atoms with E-state index in [-0.39, 0.29) is 21.7 Å². The number of aryl methyl sites for hydroxylation is 2. The number of nitrogens with zero attached hydrogens (tertiary/aromatic N) is 7. The van der Waals surface area contributed by atoms with Gasteiger partial charge in [0.15, 0.2) is 0 Å². The number of aromatic nitrogens is 6. The predicted octanol–water partition coefficient (Wildman–Crippen LogP) is 10.6. The molecular formula is C43H59N7.